The summed E-state index contributed by atoms with van der Waals surface area (Å²) in [5, 5.41) is 9.05. The third-order valence-electron chi connectivity index (χ3n) is 3.95. The topological polar surface area (TPSA) is 57.6 Å². The lowest BCUT2D eigenvalue weighted by Gasteiger charge is -2.35. The minimum absolute atomic E-state index is 0.0317. The molecule has 1 N–H and O–H groups in total. The Morgan fingerprint density at radius 1 is 1.32 bits per heavy atom. The molecule has 7 heteroatoms. The first-order valence-electron chi connectivity index (χ1n) is 6.89. The molecule has 1 heterocycles. The van der Waals surface area contributed by atoms with Gasteiger partial charge in [0.1, 0.15) is 0 Å². The predicted octanol–water partition coefficient (Wildman–Crippen LogP) is 2.89. The van der Waals surface area contributed by atoms with E-state index in [2.05, 4.69) is 0 Å². The number of carbonyl (C=O) groups is 2. The lowest BCUT2D eigenvalue weighted by atomic mass is 9.87. The van der Waals surface area contributed by atoms with Crippen LogP contribution in [0.1, 0.15) is 29.3 Å². The van der Waals surface area contributed by atoms with Crippen LogP contribution in [0.15, 0.2) is 24.3 Å². The van der Waals surface area contributed by atoms with Gasteiger partial charge in [-0.25, -0.2) is 0 Å². The summed E-state index contributed by atoms with van der Waals surface area (Å²) in [7, 11) is 0. The summed E-state index contributed by atoms with van der Waals surface area (Å²) in [5.74, 6) is -2.16. The van der Waals surface area contributed by atoms with Gasteiger partial charge in [-0.15, -0.1) is 0 Å². The van der Waals surface area contributed by atoms with Gasteiger partial charge in [-0.2, -0.15) is 13.2 Å². The number of hydrogen-bond donors (Lipinski definition) is 1. The molecular weight excluding hydrogens is 299 g/mol. The Bertz CT molecular complexity index is 586. The first-order valence-corrected chi connectivity index (χ1v) is 6.89. The number of amides is 1. The van der Waals surface area contributed by atoms with E-state index in [-0.39, 0.29) is 24.6 Å². The van der Waals surface area contributed by atoms with Crippen LogP contribution in [0.2, 0.25) is 0 Å². The molecule has 22 heavy (non-hydrogen) atoms. The summed E-state index contributed by atoms with van der Waals surface area (Å²) in [4.78, 5) is 24.8. The quantitative estimate of drug-likeness (QED) is 0.913. The van der Waals surface area contributed by atoms with Gasteiger partial charge < -0.3 is 10.0 Å². The Kier molecular flexibility index (Phi) is 4.44. The second kappa shape index (κ2) is 5.98. The zero-order chi connectivity index (χ0) is 16.5. The molecule has 120 valence electrons. The SMILES string of the molecule is CC1CN(C(=O)c2cccc(C(F)(F)F)c2)CCC1C(=O)O. The van der Waals surface area contributed by atoms with Crippen molar-refractivity contribution in [2.24, 2.45) is 11.8 Å². The molecule has 1 aliphatic heterocycles. The third-order valence-corrected chi connectivity index (χ3v) is 3.95. The molecule has 2 atom stereocenters. The van der Waals surface area contributed by atoms with Gasteiger partial charge in [0, 0.05) is 18.7 Å². The van der Waals surface area contributed by atoms with Crippen molar-refractivity contribution in [3.63, 3.8) is 0 Å². The van der Waals surface area contributed by atoms with Gasteiger partial charge in [-0.05, 0) is 30.5 Å². The number of alkyl halides is 3. The lowest BCUT2D eigenvalue weighted by molar-refractivity contribution is -0.145. The van der Waals surface area contributed by atoms with Crippen molar-refractivity contribution >= 4 is 11.9 Å². The Labute approximate surface area is 125 Å². The van der Waals surface area contributed by atoms with Gasteiger partial charge in [-0.3, -0.25) is 9.59 Å². The van der Waals surface area contributed by atoms with Crippen molar-refractivity contribution < 1.29 is 27.9 Å². The van der Waals surface area contributed by atoms with E-state index in [9.17, 15) is 22.8 Å². The fourth-order valence-electron chi connectivity index (χ4n) is 2.71. The molecule has 0 radical (unpaired) electrons. The molecule has 4 nitrogen and oxygen atoms in total. The molecule has 1 saturated heterocycles. The highest BCUT2D eigenvalue weighted by atomic mass is 19.4. The van der Waals surface area contributed by atoms with Gasteiger partial charge >= 0.3 is 12.1 Å². The highest BCUT2D eigenvalue weighted by Crippen LogP contribution is 2.30. The van der Waals surface area contributed by atoms with Gasteiger partial charge in [-0.1, -0.05) is 13.0 Å². The number of likely N-dealkylation sites (tertiary alicyclic amines) is 1. The first-order chi connectivity index (χ1) is 10.2. The number of nitrogens with zero attached hydrogens (tertiary/aromatic N) is 1. The number of aliphatic carboxylic acids is 1. The number of carbonyl (C=O) groups excluding carboxylic acids is 1. The van der Waals surface area contributed by atoms with E-state index in [0.717, 1.165) is 12.1 Å². The summed E-state index contributed by atoms with van der Waals surface area (Å²) in [6.45, 7) is 2.19. The highest BCUT2D eigenvalue weighted by Gasteiger charge is 2.34. The fraction of sp³-hybridized carbons (Fsp3) is 0.467. The fourth-order valence-corrected chi connectivity index (χ4v) is 2.71. The van der Waals surface area contributed by atoms with E-state index in [4.69, 9.17) is 5.11 Å². The van der Waals surface area contributed by atoms with Crippen LogP contribution in [0.25, 0.3) is 0 Å². The number of piperidine rings is 1. The maximum Gasteiger partial charge on any atom is 0.416 e. The Balaban J connectivity index is 2.15. The van der Waals surface area contributed by atoms with Gasteiger partial charge in [0.15, 0.2) is 0 Å². The van der Waals surface area contributed by atoms with E-state index in [0.29, 0.717) is 6.42 Å². The molecule has 1 aromatic carbocycles. The zero-order valence-corrected chi connectivity index (χ0v) is 11.9. The van der Waals surface area contributed by atoms with Crippen LogP contribution in [-0.4, -0.2) is 35.0 Å². The maximum absolute atomic E-state index is 12.7. The van der Waals surface area contributed by atoms with Crippen molar-refractivity contribution in [1.29, 1.82) is 0 Å². The van der Waals surface area contributed by atoms with E-state index in [1.54, 1.807) is 6.92 Å². The average Bonchev–Trinajstić information content (AvgIpc) is 2.45. The second-order valence-electron chi connectivity index (χ2n) is 5.54. The smallest absolute Gasteiger partial charge is 0.416 e. The summed E-state index contributed by atoms with van der Waals surface area (Å²) < 4.78 is 38.1. The van der Waals surface area contributed by atoms with Crippen LogP contribution in [0.4, 0.5) is 13.2 Å². The molecule has 2 unspecified atom stereocenters. The van der Waals surface area contributed by atoms with Crippen molar-refractivity contribution in [3.8, 4) is 0 Å². The number of carboxylic acids is 1. The number of rotatable bonds is 2. The Morgan fingerprint density at radius 2 is 2.00 bits per heavy atom. The van der Waals surface area contributed by atoms with E-state index in [1.165, 1.54) is 17.0 Å². The molecule has 0 aliphatic carbocycles. The monoisotopic (exact) mass is 315 g/mol. The number of hydrogen-bond acceptors (Lipinski definition) is 2. The number of benzene rings is 1. The normalized spacial score (nSPS) is 22.5. The van der Waals surface area contributed by atoms with Crippen LogP contribution >= 0.6 is 0 Å². The summed E-state index contributed by atoms with van der Waals surface area (Å²) >= 11 is 0. The largest absolute Gasteiger partial charge is 0.481 e. The molecule has 1 amide bonds. The van der Waals surface area contributed by atoms with Crippen molar-refractivity contribution in [3.05, 3.63) is 35.4 Å². The minimum atomic E-state index is -4.50. The van der Waals surface area contributed by atoms with Gasteiger partial charge in [0.25, 0.3) is 5.91 Å². The molecule has 0 spiro atoms. The van der Waals surface area contributed by atoms with Crippen LogP contribution in [0, 0.1) is 11.8 Å². The molecule has 1 aliphatic rings. The summed E-state index contributed by atoms with van der Waals surface area (Å²) in [6.07, 6.45) is -4.19. The van der Waals surface area contributed by atoms with Crippen LogP contribution in [0.3, 0.4) is 0 Å². The lowest BCUT2D eigenvalue weighted by Crippen LogP contribution is -2.45. The van der Waals surface area contributed by atoms with E-state index >= 15 is 0 Å². The molecule has 0 aromatic heterocycles. The molecule has 2 rings (SSSR count). The Morgan fingerprint density at radius 3 is 2.55 bits per heavy atom. The molecule has 1 fully saturated rings. The molecule has 0 saturated carbocycles. The van der Waals surface area contributed by atoms with Crippen molar-refractivity contribution in [2.45, 2.75) is 19.5 Å². The minimum Gasteiger partial charge on any atom is -0.481 e. The number of halogens is 3. The van der Waals surface area contributed by atoms with Crippen LogP contribution in [-0.2, 0) is 11.0 Å². The molecule has 1 aromatic rings. The highest BCUT2D eigenvalue weighted by molar-refractivity contribution is 5.94. The van der Waals surface area contributed by atoms with E-state index in [1.807, 2.05) is 0 Å². The predicted molar refractivity (Wildman–Crippen MR) is 72.3 cm³/mol. The maximum atomic E-state index is 12.7. The number of carboxylic acid groups (broad SMARTS) is 1. The molecule has 0 bridgehead atoms. The summed E-state index contributed by atoms with van der Waals surface area (Å²) in [6, 6.07) is 4.28. The van der Waals surface area contributed by atoms with Crippen LogP contribution in [0.5, 0.6) is 0 Å². The van der Waals surface area contributed by atoms with Crippen molar-refractivity contribution in [2.75, 3.05) is 13.1 Å². The Hall–Kier alpha value is -2.05. The summed E-state index contributed by atoms with van der Waals surface area (Å²) in [5.41, 5.74) is -0.900. The van der Waals surface area contributed by atoms with Crippen LogP contribution < -0.4 is 0 Å². The zero-order valence-electron chi connectivity index (χ0n) is 11.9. The van der Waals surface area contributed by atoms with Gasteiger partial charge in [0.2, 0.25) is 0 Å². The van der Waals surface area contributed by atoms with Gasteiger partial charge in [0.05, 0.1) is 11.5 Å². The second-order valence-corrected chi connectivity index (χ2v) is 5.54. The first kappa shape index (κ1) is 16.3. The van der Waals surface area contributed by atoms with Crippen molar-refractivity contribution in [1.82, 2.24) is 4.90 Å². The molecular formula is C15H16F3NO3. The average molecular weight is 315 g/mol. The van der Waals surface area contributed by atoms with E-state index < -0.39 is 29.5 Å². The standard InChI is InChI=1S/C15H16F3NO3/c1-9-8-19(6-5-12(9)14(21)22)13(20)10-3-2-4-11(7-10)15(16,17)18/h2-4,7,9,12H,5-6,8H2,1H3,(H,21,22). The third kappa shape index (κ3) is 3.40.